The number of aryl methyl sites for hydroxylation is 2. The Morgan fingerprint density at radius 2 is 1.84 bits per heavy atom. The zero-order chi connectivity index (χ0) is 22.0. The fraction of sp³-hybridized carbons (Fsp3) is 0.619. The summed E-state index contributed by atoms with van der Waals surface area (Å²) in [6.07, 6.45) is 12.1. The molecule has 2 aliphatic rings. The van der Waals surface area contributed by atoms with Crippen molar-refractivity contribution in [3.63, 3.8) is 0 Å². The third-order valence-corrected chi connectivity index (χ3v) is 7.94. The Balaban J connectivity index is 1.67. The van der Waals surface area contributed by atoms with E-state index in [0.29, 0.717) is 30.0 Å². The van der Waals surface area contributed by atoms with Crippen LogP contribution in [0, 0.1) is 6.92 Å². The molecule has 0 spiro atoms. The van der Waals surface area contributed by atoms with Crippen molar-refractivity contribution >= 4 is 15.9 Å². The number of amides is 1. The van der Waals surface area contributed by atoms with E-state index >= 15 is 0 Å². The van der Waals surface area contributed by atoms with Gasteiger partial charge in [-0.3, -0.25) is 4.79 Å². The average Bonchev–Trinajstić information content (AvgIpc) is 3.21. The van der Waals surface area contributed by atoms with Gasteiger partial charge in [0.2, 0.25) is 0 Å². The molecule has 2 aromatic rings. The predicted octanol–water partition coefficient (Wildman–Crippen LogP) is 2.50. The van der Waals surface area contributed by atoms with Gasteiger partial charge >= 0.3 is 0 Å². The molecule has 168 valence electrons. The van der Waals surface area contributed by atoms with E-state index in [0.717, 1.165) is 38.5 Å². The third kappa shape index (κ3) is 4.64. The molecule has 0 bridgehead atoms. The number of hydrogen-bond acceptors (Lipinski definition) is 6. The van der Waals surface area contributed by atoms with Gasteiger partial charge in [-0.05, 0) is 32.6 Å². The molecule has 1 atom stereocenters. The van der Waals surface area contributed by atoms with Crippen LogP contribution >= 0.6 is 0 Å². The van der Waals surface area contributed by atoms with Gasteiger partial charge in [0.05, 0.1) is 23.6 Å². The molecular weight excluding hydrogens is 416 g/mol. The molecule has 10 heteroatoms. The number of carbonyl (C=O) groups excluding carboxylic acids is 1. The lowest BCUT2D eigenvalue weighted by molar-refractivity contribution is 0.0923. The first-order valence-corrected chi connectivity index (χ1v) is 12.4. The van der Waals surface area contributed by atoms with E-state index in [1.165, 1.54) is 29.4 Å². The number of carbonyl (C=O) groups is 1. The van der Waals surface area contributed by atoms with Crippen LogP contribution in [0.15, 0.2) is 23.7 Å². The molecule has 4 rings (SSSR count). The molecule has 9 nitrogen and oxygen atoms in total. The zero-order valence-corrected chi connectivity index (χ0v) is 18.9. The van der Waals surface area contributed by atoms with E-state index in [9.17, 15) is 13.2 Å². The van der Waals surface area contributed by atoms with Crippen molar-refractivity contribution in [2.24, 2.45) is 7.05 Å². The molecular formula is C21H30N6O3S. The molecule has 2 fully saturated rings. The minimum absolute atomic E-state index is 0.0147. The molecule has 31 heavy (non-hydrogen) atoms. The summed E-state index contributed by atoms with van der Waals surface area (Å²) < 4.78 is 29.8. The number of hydrogen-bond donors (Lipinski definition) is 1. The highest BCUT2D eigenvalue weighted by molar-refractivity contribution is 7.89. The number of piperidine rings is 1. The largest absolute Gasteiger partial charge is 0.349 e. The first-order chi connectivity index (χ1) is 14.9. The molecule has 1 N–H and O–H groups in total. The van der Waals surface area contributed by atoms with Crippen molar-refractivity contribution in [3.05, 3.63) is 35.8 Å². The van der Waals surface area contributed by atoms with Gasteiger partial charge in [-0.2, -0.15) is 4.31 Å². The van der Waals surface area contributed by atoms with Crippen LogP contribution in [0.4, 0.5) is 0 Å². The van der Waals surface area contributed by atoms with Crippen LogP contribution in [-0.2, 0) is 17.1 Å². The van der Waals surface area contributed by atoms with E-state index in [2.05, 4.69) is 20.3 Å². The average molecular weight is 447 g/mol. The lowest BCUT2D eigenvalue weighted by Gasteiger charge is -2.34. The monoisotopic (exact) mass is 446 g/mol. The number of rotatable bonds is 5. The first kappa shape index (κ1) is 21.9. The van der Waals surface area contributed by atoms with E-state index in [1.54, 1.807) is 18.5 Å². The Labute approximate surface area is 183 Å². The summed E-state index contributed by atoms with van der Waals surface area (Å²) in [7, 11) is -2.07. The summed E-state index contributed by atoms with van der Waals surface area (Å²) in [6.45, 7) is 2.13. The highest BCUT2D eigenvalue weighted by atomic mass is 32.2. The van der Waals surface area contributed by atoms with E-state index in [4.69, 9.17) is 0 Å². The van der Waals surface area contributed by atoms with Crippen LogP contribution in [-0.4, -0.2) is 50.7 Å². The Morgan fingerprint density at radius 1 is 1.10 bits per heavy atom. The second-order valence-corrected chi connectivity index (χ2v) is 10.4. The maximum atomic E-state index is 13.4. The number of sulfonamides is 1. The van der Waals surface area contributed by atoms with Gasteiger partial charge in [0, 0.05) is 32.0 Å². The molecule has 1 unspecified atom stereocenters. The van der Waals surface area contributed by atoms with Crippen molar-refractivity contribution in [2.45, 2.75) is 75.4 Å². The van der Waals surface area contributed by atoms with E-state index in [1.807, 2.05) is 0 Å². The van der Waals surface area contributed by atoms with Crippen molar-refractivity contribution < 1.29 is 13.2 Å². The van der Waals surface area contributed by atoms with Gasteiger partial charge < -0.3 is 9.88 Å². The number of aromatic nitrogens is 4. The van der Waals surface area contributed by atoms with Gasteiger partial charge in [0.25, 0.3) is 15.9 Å². The van der Waals surface area contributed by atoms with Gasteiger partial charge in [0.1, 0.15) is 5.82 Å². The van der Waals surface area contributed by atoms with Gasteiger partial charge in [-0.1, -0.05) is 25.7 Å². The third-order valence-electron chi connectivity index (χ3n) is 6.15. The summed E-state index contributed by atoms with van der Waals surface area (Å²) in [5.41, 5.74) is 0.851. The predicted molar refractivity (Wildman–Crippen MR) is 115 cm³/mol. The van der Waals surface area contributed by atoms with Gasteiger partial charge in [-0.15, -0.1) is 0 Å². The van der Waals surface area contributed by atoms with Crippen LogP contribution < -0.4 is 5.32 Å². The number of imidazole rings is 1. The van der Waals surface area contributed by atoms with Crippen LogP contribution in [0.3, 0.4) is 0 Å². The first-order valence-electron chi connectivity index (χ1n) is 11.0. The minimum Gasteiger partial charge on any atom is -0.349 e. The highest BCUT2D eigenvalue weighted by Crippen LogP contribution is 2.35. The van der Waals surface area contributed by atoms with Crippen molar-refractivity contribution in [1.29, 1.82) is 0 Å². The minimum atomic E-state index is -3.81. The Hall–Kier alpha value is -2.33. The summed E-state index contributed by atoms with van der Waals surface area (Å²) in [5, 5.41) is 3.13. The summed E-state index contributed by atoms with van der Waals surface area (Å²) in [4.78, 5) is 26.0. The molecule has 1 saturated carbocycles. The van der Waals surface area contributed by atoms with E-state index in [-0.39, 0.29) is 17.0 Å². The molecule has 1 saturated heterocycles. The maximum Gasteiger partial charge on any atom is 0.262 e. The smallest absolute Gasteiger partial charge is 0.262 e. The molecule has 2 aromatic heterocycles. The standard InChI is InChI=1S/C21H30N6O3S/c1-15-22-12-17(21(28)25-16-8-4-3-5-9-16)20(24-15)18-10-6-7-11-27(18)31(29,30)19-13-26(2)14-23-19/h12-14,16,18H,3-11H2,1-2H3,(H,25,28). The van der Waals surface area contributed by atoms with Crippen molar-refractivity contribution in [2.75, 3.05) is 6.54 Å². The Morgan fingerprint density at radius 3 is 2.55 bits per heavy atom. The second-order valence-electron chi connectivity index (χ2n) is 8.53. The highest BCUT2D eigenvalue weighted by Gasteiger charge is 2.38. The lowest BCUT2D eigenvalue weighted by Crippen LogP contribution is -2.41. The number of nitrogens with zero attached hydrogens (tertiary/aromatic N) is 5. The van der Waals surface area contributed by atoms with Crippen LogP contribution in [0.5, 0.6) is 0 Å². The summed E-state index contributed by atoms with van der Waals surface area (Å²) >= 11 is 0. The zero-order valence-electron chi connectivity index (χ0n) is 18.1. The van der Waals surface area contributed by atoms with Crippen LogP contribution in [0.1, 0.15) is 79.3 Å². The Bertz CT molecular complexity index is 1050. The van der Waals surface area contributed by atoms with Gasteiger partial charge in [-0.25, -0.2) is 23.4 Å². The normalized spacial score (nSPS) is 21.2. The fourth-order valence-corrected chi connectivity index (χ4v) is 6.16. The summed E-state index contributed by atoms with van der Waals surface area (Å²) in [6, 6.07) is -0.371. The maximum absolute atomic E-state index is 13.4. The van der Waals surface area contributed by atoms with Crippen LogP contribution in [0.25, 0.3) is 0 Å². The second kappa shape index (κ2) is 9.04. The quantitative estimate of drug-likeness (QED) is 0.756. The fourth-order valence-electron chi connectivity index (χ4n) is 4.53. The van der Waals surface area contributed by atoms with E-state index < -0.39 is 16.1 Å². The van der Waals surface area contributed by atoms with Gasteiger partial charge in [0.15, 0.2) is 5.03 Å². The topological polar surface area (TPSA) is 110 Å². The lowest BCUT2D eigenvalue weighted by atomic mass is 9.94. The molecule has 0 radical (unpaired) electrons. The summed E-state index contributed by atoms with van der Waals surface area (Å²) in [5.74, 6) is 0.299. The van der Waals surface area contributed by atoms with Crippen molar-refractivity contribution in [3.8, 4) is 0 Å². The van der Waals surface area contributed by atoms with Crippen LogP contribution in [0.2, 0.25) is 0 Å². The molecule has 0 aromatic carbocycles. The molecule has 1 amide bonds. The van der Waals surface area contributed by atoms with Crippen molar-refractivity contribution in [1.82, 2.24) is 29.1 Å². The number of nitrogens with one attached hydrogen (secondary N) is 1. The molecule has 1 aliphatic carbocycles. The molecule has 3 heterocycles. The molecule has 1 aliphatic heterocycles. The Kier molecular flexibility index (Phi) is 6.38. The SMILES string of the molecule is Cc1ncc(C(=O)NC2CCCCC2)c(C2CCCCN2S(=O)(=O)c2cn(C)cn2)n1.